The van der Waals surface area contributed by atoms with E-state index in [9.17, 15) is 14.4 Å². The van der Waals surface area contributed by atoms with E-state index in [1.54, 1.807) is 12.1 Å². The summed E-state index contributed by atoms with van der Waals surface area (Å²) >= 11 is 0. The standard InChI is InChI=1S/C24H25N7O4/c1-16-9-11-18(12-10-16)31-24(34)30(3)23(33)19(27-31)20-26-22(35-28-20)21(32)25-13-14-29(2)15-17-7-5-4-6-8-17/h4-12H,13-15H2,1-3H3,(H,25,32). The number of aromatic nitrogens is 5. The Hall–Kier alpha value is -4.38. The predicted octanol–water partition coefficient (Wildman–Crippen LogP) is 1.15. The van der Waals surface area contributed by atoms with Gasteiger partial charge in [0.15, 0.2) is 5.69 Å². The number of hydrogen-bond acceptors (Lipinski definition) is 8. The quantitative estimate of drug-likeness (QED) is 0.402. The molecule has 0 atom stereocenters. The molecule has 0 aliphatic rings. The molecule has 1 N–H and O–H groups in total. The molecule has 1 amide bonds. The monoisotopic (exact) mass is 475 g/mol. The Kier molecular flexibility index (Phi) is 6.97. The minimum Gasteiger partial charge on any atom is -0.347 e. The molecule has 4 rings (SSSR count). The number of nitrogens with one attached hydrogen (secondary N) is 1. The van der Waals surface area contributed by atoms with Gasteiger partial charge in [0.05, 0.1) is 5.69 Å². The van der Waals surface area contributed by atoms with Crippen molar-refractivity contribution in [3.05, 3.63) is 92.5 Å². The summed E-state index contributed by atoms with van der Waals surface area (Å²) in [5.41, 5.74) is 1.12. The van der Waals surface area contributed by atoms with E-state index < -0.39 is 17.2 Å². The zero-order valence-corrected chi connectivity index (χ0v) is 19.6. The number of rotatable bonds is 8. The van der Waals surface area contributed by atoms with Crippen LogP contribution in [0.1, 0.15) is 21.8 Å². The number of likely N-dealkylation sites (N-methyl/N-ethyl adjacent to an activating group) is 1. The largest absolute Gasteiger partial charge is 0.351 e. The van der Waals surface area contributed by atoms with Crippen LogP contribution < -0.4 is 16.6 Å². The third-order valence-corrected chi connectivity index (χ3v) is 5.36. The molecule has 0 unspecified atom stereocenters. The highest BCUT2D eigenvalue weighted by molar-refractivity contribution is 5.89. The zero-order chi connectivity index (χ0) is 24.9. The molecule has 0 saturated heterocycles. The van der Waals surface area contributed by atoms with Gasteiger partial charge in [0.1, 0.15) is 0 Å². The van der Waals surface area contributed by atoms with E-state index in [2.05, 4.69) is 25.5 Å². The highest BCUT2D eigenvalue weighted by Crippen LogP contribution is 2.10. The number of nitrogens with zero attached hydrogens (tertiary/aromatic N) is 6. The molecule has 0 bridgehead atoms. The second-order valence-corrected chi connectivity index (χ2v) is 8.15. The summed E-state index contributed by atoms with van der Waals surface area (Å²) in [6.07, 6.45) is 0. The van der Waals surface area contributed by atoms with Crippen LogP contribution in [0, 0.1) is 6.92 Å². The first-order chi connectivity index (χ1) is 16.8. The van der Waals surface area contributed by atoms with Crippen molar-refractivity contribution in [1.82, 2.24) is 34.7 Å². The van der Waals surface area contributed by atoms with Gasteiger partial charge < -0.3 is 14.7 Å². The highest BCUT2D eigenvalue weighted by atomic mass is 16.5. The van der Waals surface area contributed by atoms with Gasteiger partial charge in [0, 0.05) is 26.7 Å². The maximum Gasteiger partial charge on any atom is 0.351 e. The average molecular weight is 476 g/mol. The van der Waals surface area contributed by atoms with Gasteiger partial charge in [-0.05, 0) is 31.7 Å². The number of aryl methyl sites for hydroxylation is 1. The molecule has 0 fully saturated rings. The fourth-order valence-electron chi connectivity index (χ4n) is 3.39. The second-order valence-electron chi connectivity index (χ2n) is 8.15. The van der Waals surface area contributed by atoms with E-state index in [1.807, 2.05) is 56.4 Å². The lowest BCUT2D eigenvalue weighted by molar-refractivity contribution is 0.0905. The Bertz CT molecular complexity index is 1440. The number of hydrogen-bond donors (Lipinski definition) is 1. The summed E-state index contributed by atoms with van der Waals surface area (Å²) in [6, 6.07) is 17.1. The third kappa shape index (κ3) is 5.41. The molecular weight excluding hydrogens is 450 g/mol. The lowest BCUT2D eigenvalue weighted by Crippen LogP contribution is -2.40. The molecule has 4 aromatic rings. The van der Waals surface area contributed by atoms with Crippen molar-refractivity contribution >= 4 is 5.91 Å². The first kappa shape index (κ1) is 23.8. The molecule has 11 nitrogen and oxygen atoms in total. The zero-order valence-electron chi connectivity index (χ0n) is 19.6. The number of carbonyl (C=O) groups excluding carboxylic acids is 1. The summed E-state index contributed by atoms with van der Waals surface area (Å²) in [7, 11) is 3.29. The molecule has 2 aromatic heterocycles. The highest BCUT2D eigenvalue weighted by Gasteiger charge is 2.21. The van der Waals surface area contributed by atoms with E-state index in [4.69, 9.17) is 4.52 Å². The van der Waals surface area contributed by atoms with Gasteiger partial charge in [-0.1, -0.05) is 53.2 Å². The second kappa shape index (κ2) is 10.3. The molecule has 2 aromatic carbocycles. The van der Waals surface area contributed by atoms with E-state index in [-0.39, 0.29) is 17.4 Å². The van der Waals surface area contributed by atoms with Crippen LogP contribution in [0.2, 0.25) is 0 Å². The predicted molar refractivity (Wildman–Crippen MR) is 128 cm³/mol. The fourth-order valence-corrected chi connectivity index (χ4v) is 3.39. The summed E-state index contributed by atoms with van der Waals surface area (Å²) in [4.78, 5) is 43.8. The van der Waals surface area contributed by atoms with Crippen LogP contribution in [0.3, 0.4) is 0 Å². The van der Waals surface area contributed by atoms with Crippen LogP contribution in [0.4, 0.5) is 0 Å². The van der Waals surface area contributed by atoms with Gasteiger partial charge in [0.2, 0.25) is 5.82 Å². The van der Waals surface area contributed by atoms with Crippen molar-refractivity contribution in [2.75, 3.05) is 20.1 Å². The topological polar surface area (TPSA) is 128 Å². The summed E-state index contributed by atoms with van der Waals surface area (Å²) in [6.45, 7) is 3.62. The minimum atomic E-state index is -0.700. The Labute approximate surface area is 200 Å². The van der Waals surface area contributed by atoms with Crippen LogP contribution in [-0.2, 0) is 13.6 Å². The van der Waals surface area contributed by atoms with Gasteiger partial charge in [0.25, 0.3) is 5.56 Å². The first-order valence-electron chi connectivity index (χ1n) is 11.0. The molecule has 0 spiro atoms. The Morgan fingerprint density at radius 2 is 1.80 bits per heavy atom. The van der Waals surface area contributed by atoms with E-state index >= 15 is 0 Å². The number of benzene rings is 2. The van der Waals surface area contributed by atoms with E-state index in [0.29, 0.717) is 18.8 Å². The van der Waals surface area contributed by atoms with Crippen LogP contribution in [0.25, 0.3) is 17.2 Å². The minimum absolute atomic E-state index is 0.183. The average Bonchev–Trinajstić information content (AvgIpc) is 3.34. The molecule has 11 heteroatoms. The number of amides is 1. The Morgan fingerprint density at radius 3 is 2.51 bits per heavy atom. The van der Waals surface area contributed by atoms with Gasteiger partial charge >= 0.3 is 17.5 Å². The number of carbonyl (C=O) groups is 1. The van der Waals surface area contributed by atoms with Crippen LogP contribution in [-0.4, -0.2) is 55.4 Å². The van der Waals surface area contributed by atoms with Crippen molar-refractivity contribution in [3.63, 3.8) is 0 Å². The Balaban J connectivity index is 1.47. The van der Waals surface area contributed by atoms with Gasteiger partial charge in [-0.15, -0.1) is 0 Å². The Morgan fingerprint density at radius 1 is 1.09 bits per heavy atom. The van der Waals surface area contributed by atoms with Crippen LogP contribution >= 0.6 is 0 Å². The lowest BCUT2D eigenvalue weighted by atomic mass is 10.2. The molecule has 180 valence electrons. The summed E-state index contributed by atoms with van der Waals surface area (Å²) < 4.78 is 7.04. The smallest absolute Gasteiger partial charge is 0.347 e. The molecule has 2 heterocycles. The molecule has 0 aliphatic heterocycles. The van der Waals surface area contributed by atoms with Crippen LogP contribution in [0.15, 0.2) is 68.7 Å². The summed E-state index contributed by atoms with van der Waals surface area (Å²) in [5.74, 6) is -1.05. The first-order valence-corrected chi connectivity index (χ1v) is 11.0. The van der Waals surface area contributed by atoms with Crippen molar-refractivity contribution in [2.45, 2.75) is 13.5 Å². The van der Waals surface area contributed by atoms with Crippen LogP contribution in [0.5, 0.6) is 0 Å². The molecule has 0 radical (unpaired) electrons. The van der Waals surface area contributed by atoms with Crippen molar-refractivity contribution < 1.29 is 9.32 Å². The van der Waals surface area contributed by atoms with Gasteiger partial charge in [-0.25, -0.2) is 4.79 Å². The molecule has 35 heavy (non-hydrogen) atoms. The van der Waals surface area contributed by atoms with E-state index in [0.717, 1.165) is 21.4 Å². The summed E-state index contributed by atoms with van der Waals surface area (Å²) in [5, 5.41) is 10.6. The van der Waals surface area contributed by atoms with Gasteiger partial charge in [-0.2, -0.15) is 14.8 Å². The molecular formula is C24H25N7O4. The molecule has 0 saturated carbocycles. The lowest BCUT2D eigenvalue weighted by Gasteiger charge is -2.16. The van der Waals surface area contributed by atoms with Gasteiger partial charge in [-0.3, -0.25) is 14.2 Å². The molecule has 0 aliphatic carbocycles. The maximum atomic E-state index is 12.7. The van der Waals surface area contributed by atoms with Crippen molar-refractivity contribution in [2.24, 2.45) is 7.05 Å². The third-order valence-electron chi connectivity index (χ3n) is 5.36. The van der Waals surface area contributed by atoms with E-state index in [1.165, 1.54) is 12.6 Å². The van der Waals surface area contributed by atoms with Crippen molar-refractivity contribution in [1.29, 1.82) is 0 Å². The maximum absolute atomic E-state index is 12.7. The van der Waals surface area contributed by atoms with Crippen molar-refractivity contribution in [3.8, 4) is 17.2 Å². The normalized spacial score (nSPS) is 11.1. The SMILES string of the molecule is Cc1ccc(-n2nc(-c3noc(C(=O)NCCN(C)Cc4ccccc4)n3)c(=O)n(C)c2=O)cc1. The fraction of sp³-hybridized carbons (Fsp3) is 0.250.